The molecule has 11 nitrogen and oxygen atoms in total. The number of amides is 2. The summed E-state index contributed by atoms with van der Waals surface area (Å²) < 4.78 is 0.0527. The number of anilines is 1. The zero-order valence-corrected chi connectivity index (χ0v) is 18.4. The fourth-order valence-electron chi connectivity index (χ4n) is 3.53. The number of nitrogens with one attached hydrogen (secondary N) is 1. The molecular weight excluding hydrogens is 480 g/mol. The van der Waals surface area contributed by atoms with Gasteiger partial charge in [0.2, 0.25) is 0 Å². The van der Waals surface area contributed by atoms with E-state index in [4.69, 9.17) is 17.3 Å². The summed E-state index contributed by atoms with van der Waals surface area (Å²) in [7, 11) is 0. The fraction of sp³-hybridized carbons (Fsp3) is 0.222. The van der Waals surface area contributed by atoms with Gasteiger partial charge in [0.05, 0.1) is 6.04 Å². The highest BCUT2D eigenvalue weighted by Crippen LogP contribution is 2.42. The SMILES string of the molecule is Nc1nc(/C(=N/O)C(=O)N[C@@H]2C(=O)N3C(C(=O)O)=C(Sc4ccccn4)CC[C@H]23)c(Cl)s1. The maximum atomic E-state index is 12.8. The Bertz CT molecular complexity index is 1170. The number of nitrogens with zero attached hydrogens (tertiary/aromatic N) is 4. The average Bonchev–Trinajstić information content (AvgIpc) is 3.10. The second kappa shape index (κ2) is 8.76. The Balaban J connectivity index is 1.53. The molecule has 0 aliphatic carbocycles. The zero-order valence-electron chi connectivity index (χ0n) is 16.1. The molecule has 0 radical (unpaired) electrons. The van der Waals surface area contributed by atoms with Crippen molar-refractivity contribution in [3.8, 4) is 0 Å². The molecule has 2 aromatic rings. The second-order valence-electron chi connectivity index (χ2n) is 6.74. The monoisotopic (exact) mass is 494 g/mol. The van der Waals surface area contributed by atoms with Crippen molar-refractivity contribution in [2.45, 2.75) is 30.0 Å². The Morgan fingerprint density at radius 2 is 2.19 bits per heavy atom. The maximum Gasteiger partial charge on any atom is 0.353 e. The zero-order chi connectivity index (χ0) is 23.0. The molecule has 0 saturated carbocycles. The van der Waals surface area contributed by atoms with Gasteiger partial charge in [-0.25, -0.2) is 14.8 Å². The van der Waals surface area contributed by atoms with Crippen LogP contribution >= 0.6 is 34.7 Å². The van der Waals surface area contributed by atoms with Crippen LogP contribution in [0.1, 0.15) is 18.5 Å². The largest absolute Gasteiger partial charge is 0.477 e. The van der Waals surface area contributed by atoms with Gasteiger partial charge in [-0.05, 0) is 25.0 Å². The quantitative estimate of drug-likeness (QED) is 0.201. The molecule has 2 atom stereocenters. The fourth-order valence-corrected chi connectivity index (χ4v) is 5.48. The Morgan fingerprint density at radius 1 is 1.41 bits per heavy atom. The molecular formula is C18H15ClN6O5S2. The number of allylic oxidation sites excluding steroid dienone is 1. The summed E-state index contributed by atoms with van der Waals surface area (Å²) in [5, 5.41) is 25.1. The minimum Gasteiger partial charge on any atom is -0.477 e. The molecule has 0 aromatic carbocycles. The standard InChI is InChI=1S/C18H15ClN6O5S2/c19-14-11(23-18(20)32-14)12(24-30)15(26)22-10-7-4-5-8(31-9-3-1-2-6-21-9)13(17(28)29)25(7)16(10)27/h1-3,6-7,10,30H,4-5H2,(H2,20,23)(H,22,26)(H,28,29)/b24-12-/t7-,10+/m1/s1. The number of nitrogens with two attached hydrogens (primary N) is 1. The van der Waals surface area contributed by atoms with Crippen LogP contribution in [0.25, 0.3) is 0 Å². The molecule has 4 rings (SSSR count). The molecule has 5 N–H and O–H groups in total. The summed E-state index contributed by atoms with van der Waals surface area (Å²) in [6, 6.07) is 3.74. The van der Waals surface area contributed by atoms with Gasteiger partial charge in [0, 0.05) is 11.1 Å². The van der Waals surface area contributed by atoms with Crippen molar-refractivity contribution in [3.63, 3.8) is 0 Å². The van der Waals surface area contributed by atoms with Crippen LogP contribution in [-0.2, 0) is 14.4 Å². The summed E-state index contributed by atoms with van der Waals surface area (Å²) in [6.07, 6.45) is 2.41. The van der Waals surface area contributed by atoms with Crippen molar-refractivity contribution in [1.29, 1.82) is 0 Å². The first-order valence-electron chi connectivity index (χ1n) is 9.15. The number of carbonyl (C=O) groups is 3. The number of halogens is 1. The minimum absolute atomic E-state index is 0.0527. The Morgan fingerprint density at radius 3 is 2.78 bits per heavy atom. The molecule has 2 amide bonds. The van der Waals surface area contributed by atoms with Gasteiger partial charge in [-0.3, -0.25) is 14.5 Å². The van der Waals surface area contributed by atoms with Gasteiger partial charge in [-0.15, -0.1) is 0 Å². The van der Waals surface area contributed by atoms with E-state index in [-0.39, 0.29) is 20.9 Å². The van der Waals surface area contributed by atoms with Crippen molar-refractivity contribution in [2.75, 3.05) is 5.73 Å². The van der Waals surface area contributed by atoms with Gasteiger partial charge in [0.25, 0.3) is 11.8 Å². The lowest BCUT2D eigenvalue weighted by Gasteiger charge is -2.50. The summed E-state index contributed by atoms with van der Waals surface area (Å²) in [4.78, 5) is 47.1. The topological polar surface area (TPSA) is 171 Å². The molecule has 2 aromatic heterocycles. The number of nitrogen functional groups attached to an aromatic ring is 1. The molecule has 1 saturated heterocycles. The predicted octanol–water partition coefficient (Wildman–Crippen LogP) is 1.53. The number of carboxylic acids is 1. The first-order valence-corrected chi connectivity index (χ1v) is 11.2. The van der Waals surface area contributed by atoms with Crippen molar-refractivity contribution in [1.82, 2.24) is 20.2 Å². The highest BCUT2D eigenvalue weighted by Gasteiger charge is 2.54. The number of aromatic nitrogens is 2. The van der Waals surface area contributed by atoms with Gasteiger partial charge < -0.3 is 21.4 Å². The first-order chi connectivity index (χ1) is 15.3. The third kappa shape index (κ3) is 3.89. The molecule has 0 spiro atoms. The Kier molecular flexibility index (Phi) is 6.04. The number of pyridine rings is 1. The third-order valence-corrected chi connectivity index (χ3v) is 7.07. The molecule has 0 bridgehead atoms. The molecule has 2 aliphatic rings. The summed E-state index contributed by atoms with van der Waals surface area (Å²) in [5.41, 5.74) is 4.83. The number of oxime groups is 1. The first kappa shape index (κ1) is 22.0. The lowest BCUT2D eigenvalue weighted by molar-refractivity contribution is -0.155. The summed E-state index contributed by atoms with van der Waals surface area (Å²) in [6.45, 7) is 0. The number of thiazole rings is 1. The van der Waals surface area contributed by atoms with E-state index in [1.54, 1.807) is 24.4 Å². The van der Waals surface area contributed by atoms with Crippen molar-refractivity contribution in [2.24, 2.45) is 5.16 Å². The molecule has 0 unspecified atom stereocenters. The maximum absolute atomic E-state index is 12.8. The third-order valence-electron chi connectivity index (χ3n) is 4.89. The normalized spacial score (nSPS) is 20.6. The van der Waals surface area contributed by atoms with Gasteiger partial charge >= 0.3 is 5.97 Å². The van der Waals surface area contributed by atoms with Crippen LogP contribution in [-0.4, -0.2) is 60.8 Å². The molecule has 32 heavy (non-hydrogen) atoms. The average molecular weight is 495 g/mol. The van der Waals surface area contributed by atoms with Crippen LogP contribution < -0.4 is 11.1 Å². The number of β-lactam (4-membered cyclic amide) rings is 1. The van der Waals surface area contributed by atoms with Crippen LogP contribution in [0.15, 0.2) is 45.2 Å². The number of thioether (sulfide) groups is 1. The predicted molar refractivity (Wildman–Crippen MR) is 116 cm³/mol. The van der Waals surface area contributed by atoms with E-state index in [0.29, 0.717) is 22.8 Å². The van der Waals surface area contributed by atoms with Crippen molar-refractivity contribution >= 4 is 63.3 Å². The van der Waals surface area contributed by atoms with E-state index in [0.717, 1.165) is 11.3 Å². The van der Waals surface area contributed by atoms with Crippen LogP contribution in [0.2, 0.25) is 4.34 Å². The molecule has 4 heterocycles. The molecule has 2 aliphatic heterocycles. The van der Waals surface area contributed by atoms with Crippen LogP contribution in [0.5, 0.6) is 0 Å². The number of hydrogen-bond donors (Lipinski definition) is 4. The van der Waals surface area contributed by atoms with E-state index >= 15 is 0 Å². The van der Waals surface area contributed by atoms with E-state index in [1.807, 2.05) is 0 Å². The van der Waals surface area contributed by atoms with Crippen LogP contribution in [0.4, 0.5) is 5.13 Å². The lowest BCUT2D eigenvalue weighted by atomic mass is 9.86. The lowest BCUT2D eigenvalue weighted by Crippen LogP contribution is -2.72. The van der Waals surface area contributed by atoms with Gasteiger partial charge in [0.1, 0.15) is 26.8 Å². The number of rotatable bonds is 6. The van der Waals surface area contributed by atoms with Gasteiger partial charge in [0.15, 0.2) is 10.8 Å². The summed E-state index contributed by atoms with van der Waals surface area (Å²) in [5.74, 6) is -2.71. The summed E-state index contributed by atoms with van der Waals surface area (Å²) >= 11 is 8.06. The van der Waals surface area contributed by atoms with E-state index in [9.17, 15) is 24.7 Å². The Labute approximate surface area is 194 Å². The Hall–Kier alpha value is -3.16. The second-order valence-corrected chi connectivity index (χ2v) is 9.48. The number of hydrogen-bond acceptors (Lipinski definition) is 10. The minimum atomic E-state index is -1.24. The molecule has 1 fully saturated rings. The van der Waals surface area contributed by atoms with Gasteiger partial charge in [-0.1, -0.05) is 45.9 Å². The van der Waals surface area contributed by atoms with Crippen LogP contribution in [0.3, 0.4) is 0 Å². The number of carbonyl (C=O) groups excluding carboxylic acids is 2. The van der Waals surface area contributed by atoms with Crippen molar-refractivity contribution < 1.29 is 24.7 Å². The molecule has 14 heteroatoms. The van der Waals surface area contributed by atoms with E-state index in [1.165, 1.54) is 16.7 Å². The number of aliphatic carboxylic acids is 1. The highest BCUT2D eigenvalue weighted by atomic mass is 35.5. The van der Waals surface area contributed by atoms with E-state index in [2.05, 4.69) is 20.4 Å². The van der Waals surface area contributed by atoms with Gasteiger partial charge in [-0.2, -0.15) is 0 Å². The highest BCUT2D eigenvalue weighted by molar-refractivity contribution is 8.03. The van der Waals surface area contributed by atoms with Crippen molar-refractivity contribution in [3.05, 3.63) is 45.0 Å². The number of carboxylic acid groups (broad SMARTS) is 1. The smallest absolute Gasteiger partial charge is 0.353 e. The van der Waals surface area contributed by atoms with Crippen LogP contribution in [0, 0.1) is 0 Å². The van der Waals surface area contributed by atoms with E-state index < -0.39 is 35.6 Å². The number of fused-ring (bicyclic) bond motifs is 1. The molecule has 166 valence electrons.